The van der Waals surface area contributed by atoms with Crippen molar-refractivity contribution in [2.75, 3.05) is 0 Å². The van der Waals surface area contributed by atoms with Crippen LogP contribution in [0, 0.1) is 5.82 Å². The fourth-order valence-corrected chi connectivity index (χ4v) is 2.18. The number of hydrogen-bond acceptors (Lipinski definition) is 2. The van der Waals surface area contributed by atoms with Gasteiger partial charge in [0.05, 0.1) is 5.02 Å². The SMILES string of the molecule is CCC(N)Cc1ccc(OCc2cccc(Cl)c2F)cc1. The van der Waals surface area contributed by atoms with Crippen LogP contribution in [0.15, 0.2) is 42.5 Å². The van der Waals surface area contributed by atoms with Gasteiger partial charge < -0.3 is 10.5 Å². The molecule has 1 atom stereocenters. The van der Waals surface area contributed by atoms with Crippen LogP contribution in [0.2, 0.25) is 5.02 Å². The molecule has 4 heteroatoms. The third kappa shape index (κ3) is 4.45. The number of ether oxygens (including phenoxy) is 1. The lowest BCUT2D eigenvalue weighted by Gasteiger charge is -2.11. The molecular weight excluding hydrogens is 289 g/mol. The zero-order valence-corrected chi connectivity index (χ0v) is 12.7. The molecule has 21 heavy (non-hydrogen) atoms. The van der Waals surface area contributed by atoms with Gasteiger partial charge >= 0.3 is 0 Å². The van der Waals surface area contributed by atoms with Crippen molar-refractivity contribution in [1.82, 2.24) is 0 Å². The van der Waals surface area contributed by atoms with Gasteiger partial charge in [-0.25, -0.2) is 4.39 Å². The highest BCUT2D eigenvalue weighted by molar-refractivity contribution is 6.30. The second-order valence-electron chi connectivity index (χ2n) is 5.02. The van der Waals surface area contributed by atoms with Gasteiger partial charge in [0.1, 0.15) is 18.2 Å². The maximum atomic E-state index is 13.7. The minimum Gasteiger partial charge on any atom is -0.489 e. The summed E-state index contributed by atoms with van der Waals surface area (Å²) in [6.45, 7) is 2.22. The summed E-state index contributed by atoms with van der Waals surface area (Å²) < 4.78 is 19.3. The zero-order chi connectivity index (χ0) is 15.2. The minimum atomic E-state index is -0.426. The topological polar surface area (TPSA) is 35.2 Å². The molecule has 2 nitrogen and oxygen atoms in total. The van der Waals surface area contributed by atoms with Crippen molar-refractivity contribution in [2.24, 2.45) is 5.73 Å². The number of halogens is 2. The lowest BCUT2D eigenvalue weighted by molar-refractivity contribution is 0.300. The molecule has 0 aliphatic carbocycles. The van der Waals surface area contributed by atoms with E-state index in [1.54, 1.807) is 12.1 Å². The molecule has 0 saturated heterocycles. The van der Waals surface area contributed by atoms with Crippen molar-refractivity contribution in [3.8, 4) is 5.75 Å². The van der Waals surface area contributed by atoms with E-state index in [0.717, 1.165) is 12.8 Å². The quantitative estimate of drug-likeness (QED) is 0.861. The first-order valence-corrected chi connectivity index (χ1v) is 7.38. The van der Waals surface area contributed by atoms with E-state index >= 15 is 0 Å². The molecular formula is C17H19ClFNO. The zero-order valence-electron chi connectivity index (χ0n) is 12.0. The third-order valence-corrected chi connectivity index (χ3v) is 3.66. The van der Waals surface area contributed by atoms with E-state index in [-0.39, 0.29) is 17.7 Å². The van der Waals surface area contributed by atoms with Crippen LogP contribution in [-0.2, 0) is 13.0 Å². The molecule has 2 aromatic rings. The van der Waals surface area contributed by atoms with E-state index in [1.807, 2.05) is 24.3 Å². The summed E-state index contributed by atoms with van der Waals surface area (Å²) in [6.07, 6.45) is 1.80. The van der Waals surface area contributed by atoms with Crippen LogP contribution in [0.5, 0.6) is 5.75 Å². The van der Waals surface area contributed by atoms with Crippen LogP contribution in [0.1, 0.15) is 24.5 Å². The number of benzene rings is 2. The Labute approximate surface area is 129 Å². The highest BCUT2D eigenvalue weighted by Gasteiger charge is 2.07. The Morgan fingerprint density at radius 1 is 1.19 bits per heavy atom. The second-order valence-corrected chi connectivity index (χ2v) is 5.43. The van der Waals surface area contributed by atoms with Gasteiger partial charge in [-0.3, -0.25) is 0 Å². The van der Waals surface area contributed by atoms with Crippen LogP contribution >= 0.6 is 11.6 Å². The third-order valence-electron chi connectivity index (χ3n) is 3.37. The van der Waals surface area contributed by atoms with Crippen molar-refractivity contribution < 1.29 is 9.13 Å². The molecule has 112 valence electrons. The second kappa shape index (κ2) is 7.43. The van der Waals surface area contributed by atoms with E-state index in [9.17, 15) is 4.39 Å². The van der Waals surface area contributed by atoms with E-state index < -0.39 is 5.82 Å². The number of rotatable bonds is 6. The summed E-state index contributed by atoms with van der Waals surface area (Å²) in [5.41, 5.74) is 7.54. The van der Waals surface area contributed by atoms with E-state index in [1.165, 1.54) is 11.6 Å². The normalized spacial score (nSPS) is 12.2. The number of nitrogens with two attached hydrogens (primary N) is 1. The molecule has 0 saturated carbocycles. The molecule has 0 heterocycles. The minimum absolute atomic E-state index is 0.111. The number of hydrogen-bond donors (Lipinski definition) is 1. The first-order valence-electron chi connectivity index (χ1n) is 7.00. The van der Waals surface area contributed by atoms with Crippen LogP contribution in [0.4, 0.5) is 4.39 Å². The fraction of sp³-hybridized carbons (Fsp3) is 0.294. The van der Waals surface area contributed by atoms with Crippen molar-refractivity contribution in [3.63, 3.8) is 0 Å². The van der Waals surface area contributed by atoms with Crippen LogP contribution in [0.3, 0.4) is 0 Å². The molecule has 1 unspecified atom stereocenters. The molecule has 0 bridgehead atoms. The van der Waals surface area contributed by atoms with Gasteiger partial charge in [-0.2, -0.15) is 0 Å². The summed E-state index contributed by atoms with van der Waals surface area (Å²) >= 11 is 5.74. The molecule has 0 aliphatic heterocycles. The molecule has 2 N–H and O–H groups in total. The Balaban J connectivity index is 1.96. The van der Waals surface area contributed by atoms with Crippen LogP contribution in [-0.4, -0.2) is 6.04 Å². The lowest BCUT2D eigenvalue weighted by atomic mass is 10.0. The largest absolute Gasteiger partial charge is 0.489 e. The van der Waals surface area contributed by atoms with Crippen molar-refractivity contribution in [2.45, 2.75) is 32.4 Å². The first-order chi connectivity index (χ1) is 10.1. The van der Waals surface area contributed by atoms with Crippen molar-refractivity contribution >= 4 is 11.6 Å². The van der Waals surface area contributed by atoms with Crippen molar-refractivity contribution in [1.29, 1.82) is 0 Å². The summed E-state index contributed by atoms with van der Waals surface area (Å²) in [6, 6.07) is 12.8. The molecule has 2 rings (SSSR count). The van der Waals surface area contributed by atoms with Gasteiger partial charge in [0, 0.05) is 11.6 Å². The Bertz CT molecular complexity index is 586. The molecule has 0 amide bonds. The van der Waals surface area contributed by atoms with Crippen LogP contribution in [0.25, 0.3) is 0 Å². The summed E-state index contributed by atoms with van der Waals surface area (Å²) in [5.74, 6) is 0.271. The van der Waals surface area contributed by atoms with Crippen molar-refractivity contribution in [3.05, 3.63) is 64.4 Å². The monoisotopic (exact) mass is 307 g/mol. The first kappa shape index (κ1) is 15.8. The van der Waals surface area contributed by atoms with Gasteiger partial charge in [0.2, 0.25) is 0 Å². The van der Waals surface area contributed by atoms with Crippen LogP contribution < -0.4 is 10.5 Å². The average molecular weight is 308 g/mol. The molecule has 2 aromatic carbocycles. The summed E-state index contributed by atoms with van der Waals surface area (Å²) in [4.78, 5) is 0. The molecule has 0 fully saturated rings. The molecule has 0 spiro atoms. The average Bonchev–Trinajstić information content (AvgIpc) is 2.50. The van der Waals surface area contributed by atoms with E-state index in [2.05, 4.69) is 6.92 Å². The van der Waals surface area contributed by atoms with Gasteiger partial charge in [-0.1, -0.05) is 42.8 Å². The molecule has 0 radical (unpaired) electrons. The summed E-state index contributed by atoms with van der Waals surface area (Å²) in [7, 11) is 0. The van der Waals surface area contributed by atoms with Gasteiger partial charge in [-0.05, 0) is 36.6 Å². The van der Waals surface area contributed by atoms with E-state index in [0.29, 0.717) is 11.3 Å². The predicted molar refractivity (Wildman–Crippen MR) is 84.2 cm³/mol. The Morgan fingerprint density at radius 2 is 1.90 bits per heavy atom. The predicted octanol–water partition coefficient (Wildman–Crippen LogP) is 4.34. The highest BCUT2D eigenvalue weighted by atomic mass is 35.5. The lowest BCUT2D eigenvalue weighted by Crippen LogP contribution is -2.21. The summed E-state index contributed by atoms with van der Waals surface area (Å²) in [5, 5.41) is 0.111. The van der Waals surface area contributed by atoms with Gasteiger partial charge in [0.15, 0.2) is 0 Å². The van der Waals surface area contributed by atoms with Gasteiger partial charge in [0.25, 0.3) is 0 Å². The Hall–Kier alpha value is -1.58. The molecule has 0 aliphatic rings. The van der Waals surface area contributed by atoms with Gasteiger partial charge in [-0.15, -0.1) is 0 Å². The Morgan fingerprint density at radius 3 is 2.57 bits per heavy atom. The standard InChI is InChI=1S/C17H19ClFNO/c1-2-14(20)10-12-6-8-15(9-7-12)21-11-13-4-3-5-16(18)17(13)19/h3-9,14H,2,10-11,20H2,1H3. The highest BCUT2D eigenvalue weighted by Crippen LogP contribution is 2.20. The smallest absolute Gasteiger partial charge is 0.148 e. The molecule has 0 aromatic heterocycles. The van der Waals surface area contributed by atoms with E-state index in [4.69, 9.17) is 22.1 Å². The Kier molecular flexibility index (Phi) is 5.59. The maximum Gasteiger partial charge on any atom is 0.148 e. The fourth-order valence-electron chi connectivity index (χ4n) is 1.99. The maximum absolute atomic E-state index is 13.7.